The number of nitrogens with zero attached hydrogens (tertiary/aromatic N) is 4. The number of anilines is 2. The minimum Gasteiger partial charge on any atom is -0.337 e. The monoisotopic (exact) mass is 359 g/mol. The maximum Gasteiger partial charge on any atom is 0.138 e. The maximum absolute atomic E-state index is 6.26. The molecule has 2 heterocycles. The quantitative estimate of drug-likeness (QED) is 0.683. The molecule has 0 atom stereocenters. The lowest BCUT2D eigenvalue weighted by Crippen LogP contribution is -2.01. The molecule has 0 saturated carbocycles. The molecular weight excluding hydrogens is 353 g/mol. The maximum atomic E-state index is 6.26. The van der Waals surface area contributed by atoms with Gasteiger partial charge in [-0.05, 0) is 12.5 Å². The summed E-state index contributed by atoms with van der Waals surface area (Å²) in [5.41, 5.74) is 2.62. The topological polar surface area (TPSA) is 63.6 Å². The highest BCUT2D eigenvalue weighted by Gasteiger charge is 2.16. The van der Waals surface area contributed by atoms with Gasteiger partial charge in [0.15, 0.2) is 0 Å². The van der Waals surface area contributed by atoms with E-state index in [-0.39, 0.29) is 0 Å². The van der Waals surface area contributed by atoms with Crippen LogP contribution in [0.15, 0.2) is 12.4 Å². The number of hydrogen-bond acceptors (Lipinski definition) is 6. The second-order valence-electron chi connectivity index (χ2n) is 4.15. The van der Waals surface area contributed by atoms with Gasteiger partial charge in [0.25, 0.3) is 0 Å². The van der Waals surface area contributed by atoms with E-state index < -0.39 is 0 Å². The number of fused-ring (bicyclic) bond motifs is 1. The number of nitrogens with one attached hydrogen (secondary N) is 1. The van der Waals surface area contributed by atoms with Crippen LogP contribution in [0.25, 0.3) is 11.0 Å². The first kappa shape index (κ1) is 14.7. The van der Waals surface area contributed by atoms with Crippen LogP contribution in [-0.4, -0.2) is 18.7 Å². The minimum absolute atomic E-state index is 0.410. The van der Waals surface area contributed by atoms with Crippen molar-refractivity contribution in [2.45, 2.75) is 13.3 Å². The predicted molar refractivity (Wildman–Crippen MR) is 87.1 cm³/mol. The first-order valence-electron chi connectivity index (χ1n) is 5.98. The number of aromatic nitrogens is 4. The Bertz CT molecular complexity index is 820. The fourth-order valence-corrected chi connectivity index (χ4v) is 3.35. The van der Waals surface area contributed by atoms with Crippen molar-refractivity contribution in [1.82, 2.24) is 18.7 Å². The molecule has 0 fully saturated rings. The first-order chi connectivity index (χ1) is 10.1. The Morgan fingerprint density at radius 3 is 2.62 bits per heavy atom. The van der Waals surface area contributed by atoms with Gasteiger partial charge in [0.05, 0.1) is 27.5 Å². The normalized spacial score (nSPS) is 11.0. The summed E-state index contributed by atoms with van der Waals surface area (Å²) < 4.78 is 8.40. The second kappa shape index (κ2) is 5.88. The third kappa shape index (κ3) is 2.64. The van der Waals surface area contributed by atoms with Crippen LogP contribution in [-0.2, 0) is 6.42 Å². The van der Waals surface area contributed by atoms with Crippen molar-refractivity contribution in [3.63, 3.8) is 0 Å². The van der Waals surface area contributed by atoms with E-state index in [9.17, 15) is 0 Å². The lowest BCUT2D eigenvalue weighted by molar-refractivity contribution is 1.05. The summed E-state index contributed by atoms with van der Waals surface area (Å²) in [6.07, 6.45) is 2.08. The first-order valence-corrected chi connectivity index (χ1v) is 7.85. The fourth-order valence-electron chi connectivity index (χ4n) is 1.92. The van der Waals surface area contributed by atoms with E-state index in [0.29, 0.717) is 44.2 Å². The number of rotatable bonds is 3. The molecule has 1 N–H and O–H groups in total. The molecule has 0 spiro atoms. The molecule has 0 radical (unpaired) electrons. The van der Waals surface area contributed by atoms with Crippen LogP contribution in [0.4, 0.5) is 11.5 Å². The molecule has 21 heavy (non-hydrogen) atoms. The van der Waals surface area contributed by atoms with Crippen LogP contribution in [0.2, 0.25) is 15.2 Å². The molecule has 0 aliphatic carbocycles. The van der Waals surface area contributed by atoms with Crippen molar-refractivity contribution in [3.8, 4) is 0 Å². The lowest BCUT2D eigenvalue weighted by atomic mass is 10.2. The van der Waals surface area contributed by atoms with Crippen molar-refractivity contribution in [3.05, 3.63) is 33.2 Å². The Labute approximate surface area is 139 Å². The van der Waals surface area contributed by atoms with Gasteiger partial charge in [-0.1, -0.05) is 41.7 Å². The van der Waals surface area contributed by atoms with Crippen LogP contribution in [0.3, 0.4) is 0 Å². The Balaban J connectivity index is 2.15. The SMILES string of the molecule is CCc1c(Cl)ncnc1Nc1c(Cl)cc(Cl)c2nsnc12. The molecular formula is C12H8Cl3N5S. The summed E-state index contributed by atoms with van der Waals surface area (Å²) in [5.74, 6) is 0.594. The van der Waals surface area contributed by atoms with Gasteiger partial charge < -0.3 is 5.32 Å². The Hall–Kier alpha value is -1.21. The highest BCUT2D eigenvalue weighted by atomic mass is 35.5. The zero-order chi connectivity index (χ0) is 15.0. The second-order valence-corrected chi connectivity index (χ2v) is 5.85. The third-order valence-electron chi connectivity index (χ3n) is 2.93. The number of benzene rings is 1. The van der Waals surface area contributed by atoms with Gasteiger partial charge in [0, 0.05) is 5.56 Å². The highest BCUT2D eigenvalue weighted by Crippen LogP contribution is 2.37. The van der Waals surface area contributed by atoms with Gasteiger partial charge in [-0.3, -0.25) is 0 Å². The molecule has 0 bridgehead atoms. The lowest BCUT2D eigenvalue weighted by Gasteiger charge is -2.12. The van der Waals surface area contributed by atoms with E-state index in [1.165, 1.54) is 6.33 Å². The summed E-state index contributed by atoms with van der Waals surface area (Å²) >= 11 is 19.5. The molecule has 108 valence electrons. The van der Waals surface area contributed by atoms with E-state index in [1.807, 2.05) is 6.92 Å². The molecule has 9 heteroatoms. The van der Waals surface area contributed by atoms with Crippen LogP contribution in [0.5, 0.6) is 0 Å². The van der Waals surface area contributed by atoms with Crippen LogP contribution in [0.1, 0.15) is 12.5 Å². The van der Waals surface area contributed by atoms with Crippen molar-refractivity contribution in [2.75, 3.05) is 5.32 Å². The zero-order valence-corrected chi connectivity index (χ0v) is 13.8. The van der Waals surface area contributed by atoms with Gasteiger partial charge in [0.2, 0.25) is 0 Å². The molecule has 0 unspecified atom stereocenters. The summed E-state index contributed by atoms with van der Waals surface area (Å²) in [5, 5.41) is 4.48. The van der Waals surface area contributed by atoms with Crippen LogP contribution in [0, 0.1) is 0 Å². The van der Waals surface area contributed by atoms with E-state index >= 15 is 0 Å². The van der Waals surface area contributed by atoms with E-state index in [2.05, 4.69) is 24.0 Å². The fraction of sp³-hybridized carbons (Fsp3) is 0.167. The molecule has 3 rings (SSSR count). The van der Waals surface area contributed by atoms with E-state index in [0.717, 1.165) is 17.3 Å². The van der Waals surface area contributed by atoms with Gasteiger partial charge >= 0.3 is 0 Å². The largest absolute Gasteiger partial charge is 0.337 e. The Morgan fingerprint density at radius 2 is 1.86 bits per heavy atom. The molecule has 0 amide bonds. The van der Waals surface area contributed by atoms with Crippen LogP contribution >= 0.6 is 46.5 Å². The molecule has 3 aromatic rings. The summed E-state index contributed by atoms with van der Waals surface area (Å²) in [6, 6.07) is 1.63. The van der Waals surface area contributed by atoms with Crippen molar-refractivity contribution >= 4 is 69.1 Å². The standard InChI is InChI=1S/C12H8Cl3N5S/c1-2-5-11(15)16-4-17-12(5)18-8-6(13)3-7(14)9-10(8)20-21-19-9/h3-4H,2H2,1H3,(H,16,17,18). The molecule has 2 aromatic heterocycles. The minimum atomic E-state index is 0.410. The van der Waals surface area contributed by atoms with Gasteiger partial charge in [-0.2, -0.15) is 8.75 Å². The summed E-state index contributed by atoms with van der Waals surface area (Å²) in [7, 11) is 0. The summed E-state index contributed by atoms with van der Waals surface area (Å²) in [4.78, 5) is 8.19. The third-order valence-corrected chi connectivity index (χ3v) is 4.37. The van der Waals surface area contributed by atoms with Gasteiger partial charge in [-0.25, -0.2) is 9.97 Å². The molecule has 0 saturated heterocycles. The Kier molecular flexibility index (Phi) is 4.12. The average molecular weight is 361 g/mol. The Morgan fingerprint density at radius 1 is 1.10 bits per heavy atom. The van der Waals surface area contributed by atoms with Crippen molar-refractivity contribution < 1.29 is 0 Å². The predicted octanol–water partition coefficient (Wildman–Crippen LogP) is 4.75. The molecule has 5 nitrogen and oxygen atoms in total. The molecule has 1 aromatic carbocycles. The van der Waals surface area contributed by atoms with Crippen molar-refractivity contribution in [2.24, 2.45) is 0 Å². The smallest absolute Gasteiger partial charge is 0.138 e. The average Bonchev–Trinajstić information content (AvgIpc) is 2.93. The zero-order valence-electron chi connectivity index (χ0n) is 10.7. The van der Waals surface area contributed by atoms with Crippen molar-refractivity contribution in [1.29, 1.82) is 0 Å². The molecule has 0 aliphatic heterocycles. The van der Waals surface area contributed by atoms with Gasteiger partial charge in [-0.15, -0.1) is 0 Å². The van der Waals surface area contributed by atoms with E-state index in [4.69, 9.17) is 34.8 Å². The molecule has 0 aliphatic rings. The number of halogens is 3. The highest BCUT2D eigenvalue weighted by molar-refractivity contribution is 7.00. The number of hydrogen-bond donors (Lipinski definition) is 1. The van der Waals surface area contributed by atoms with Gasteiger partial charge in [0.1, 0.15) is 28.3 Å². The van der Waals surface area contributed by atoms with E-state index in [1.54, 1.807) is 6.07 Å². The van der Waals surface area contributed by atoms with Crippen LogP contribution < -0.4 is 5.32 Å². The summed E-state index contributed by atoms with van der Waals surface area (Å²) in [6.45, 7) is 1.97.